The van der Waals surface area contributed by atoms with Gasteiger partial charge in [-0.05, 0) is 34.9 Å². The molecule has 0 spiro atoms. The van der Waals surface area contributed by atoms with E-state index in [2.05, 4.69) is 39.0 Å². The Morgan fingerprint density at radius 2 is 2.14 bits per heavy atom. The number of benzene rings is 1. The maximum Gasteiger partial charge on any atom is 0.0801 e. The van der Waals surface area contributed by atoms with Crippen LogP contribution in [0.2, 0.25) is 0 Å². The van der Waals surface area contributed by atoms with Crippen LogP contribution in [0.3, 0.4) is 0 Å². The van der Waals surface area contributed by atoms with Crippen molar-refractivity contribution in [1.29, 1.82) is 0 Å². The molecule has 14 heavy (non-hydrogen) atoms. The van der Waals surface area contributed by atoms with Gasteiger partial charge in [-0.2, -0.15) is 0 Å². The Kier molecular flexibility index (Phi) is 2.15. The smallest absolute Gasteiger partial charge is 0.0801 e. The van der Waals surface area contributed by atoms with E-state index in [1.807, 2.05) is 0 Å². The minimum atomic E-state index is -0.258. The SMILES string of the molecule is CCc1ccc2c(c1)C(O)CC2(C)C. The molecule has 0 saturated heterocycles. The number of hydrogen-bond donors (Lipinski definition) is 1. The van der Waals surface area contributed by atoms with Gasteiger partial charge in [0.05, 0.1) is 6.10 Å². The third kappa shape index (κ3) is 1.36. The third-order valence-corrected chi connectivity index (χ3v) is 3.32. The molecule has 1 aliphatic carbocycles. The summed E-state index contributed by atoms with van der Waals surface area (Å²) in [4.78, 5) is 0. The number of rotatable bonds is 1. The molecule has 1 N–H and O–H groups in total. The Labute approximate surface area is 85.8 Å². The van der Waals surface area contributed by atoms with E-state index in [1.54, 1.807) is 0 Å². The zero-order chi connectivity index (χ0) is 10.3. The molecule has 1 unspecified atom stereocenters. The highest BCUT2D eigenvalue weighted by atomic mass is 16.3. The quantitative estimate of drug-likeness (QED) is 0.722. The number of fused-ring (bicyclic) bond motifs is 1. The van der Waals surface area contributed by atoms with E-state index >= 15 is 0 Å². The fourth-order valence-corrected chi connectivity index (χ4v) is 2.43. The van der Waals surface area contributed by atoms with Gasteiger partial charge in [0.1, 0.15) is 0 Å². The third-order valence-electron chi connectivity index (χ3n) is 3.32. The zero-order valence-corrected chi connectivity index (χ0v) is 9.17. The average molecular weight is 190 g/mol. The Morgan fingerprint density at radius 1 is 1.43 bits per heavy atom. The fourth-order valence-electron chi connectivity index (χ4n) is 2.43. The summed E-state index contributed by atoms with van der Waals surface area (Å²) in [6.45, 7) is 6.55. The molecule has 1 nitrogen and oxygen atoms in total. The van der Waals surface area contributed by atoms with Gasteiger partial charge in [0.15, 0.2) is 0 Å². The first kappa shape index (κ1) is 9.72. The predicted molar refractivity (Wildman–Crippen MR) is 58.4 cm³/mol. The second-order valence-electron chi connectivity index (χ2n) is 4.88. The number of hydrogen-bond acceptors (Lipinski definition) is 1. The molecule has 0 radical (unpaired) electrons. The molecule has 1 aliphatic rings. The van der Waals surface area contributed by atoms with Crippen LogP contribution in [0.5, 0.6) is 0 Å². The Balaban J connectivity index is 2.52. The van der Waals surface area contributed by atoms with E-state index in [0.717, 1.165) is 18.4 Å². The summed E-state index contributed by atoms with van der Waals surface area (Å²) in [5.41, 5.74) is 3.93. The summed E-state index contributed by atoms with van der Waals surface area (Å²) in [6, 6.07) is 6.53. The van der Waals surface area contributed by atoms with Crippen molar-refractivity contribution in [3.05, 3.63) is 34.9 Å². The highest BCUT2D eigenvalue weighted by Crippen LogP contribution is 2.44. The first-order valence-electron chi connectivity index (χ1n) is 5.36. The van der Waals surface area contributed by atoms with E-state index in [4.69, 9.17) is 0 Å². The molecule has 0 heterocycles. The second kappa shape index (κ2) is 3.09. The van der Waals surface area contributed by atoms with Gasteiger partial charge in [0, 0.05) is 0 Å². The van der Waals surface area contributed by atoms with Crippen molar-refractivity contribution in [2.24, 2.45) is 0 Å². The van der Waals surface area contributed by atoms with Gasteiger partial charge >= 0.3 is 0 Å². The summed E-state index contributed by atoms with van der Waals surface area (Å²) in [5.74, 6) is 0. The van der Waals surface area contributed by atoms with Crippen molar-refractivity contribution in [3.63, 3.8) is 0 Å². The van der Waals surface area contributed by atoms with E-state index in [-0.39, 0.29) is 11.5 Å². The zero-order valence-electron chi connectivity index (χ0n) is 9.17. The topological polar surface area (TPSA) is 20.2 Å². The van der Waals surface area contributed by atoms with Gasteiger partial charge in [-0.1, -0.05) is 39.0 Å². The number of aryl methyl sites for hydroxylation is 1. The Morgan fingerprint density at radius 3 is 2.79 bits per heavy atom. The van der Waals surface area contributed by atoms with Crippen molar-refractivity contribution < 1.29 is 5.11 Å². The van der Waals surface area contributed by atoms with E-state index < -0.39 is 0 Å². The molecule has 0 aromatic heterocycles. The van der Waals surface area contributed by atoms with Crippen LogP contribution in [0.4, 0.5) is 0 Å². The molecule has 0 bridgehead atoms. The van der Waals surface area contributed by atoms with E-state index in [0.29, 0.717) is 0 Å². The molecule has 2 rings (SSSR count). The normalized spacial score (nSPS) is 23.6. The first-order valence-corrected chi connectivity index (χ1v) is 5.36. The summed E-state index contributed by atoms with van der Waals surface area (Å²) in [7, 11) is 0. The lowest BCUT2D eigenvalue weighted by molar-refractivity contribution is 0.161. The summed E-state index contributed by atoms with van der Waals surface area (Å²) < 4.78 is 0. The van der Waals surface area contributed by atoms with Crippen molar-refractivity contribution in [2.45, 2.75) is 45.1 Å². The van der Waals surface area contributed by atoms with Crippen LogP contribution in [0.1, 0.15) is 50.0 Å². The van der Waals surface area contributed by atoms with Gasteiger partial charge in [-0.25, -0.2) is 0 Å². The fraction of sp³-hybridized carbons (Fsp3) is 0.538. The van der Waals surface area contributed by atoms with Crippen LogP contribution in [0.25, 0.3) is 0 Å². The largest absolute Gasteiger partial charge is 0.388 e. The summed E-state index contributed by atoms with van der Waals surface area (Å²) in [5, 5.41) is 9.94. The molecule has 0 saturated carbocycles. The van der Waals surface area contributed by atoms with Gasteiger partial charge in [-0.15, -0.1) is 0 Å². The van der Waals surface area contributed by atoms with Crippen molar-refractivity contribution >= 4 is 0 Å². The number of aliphatic hydroxyl groups excluding tert-OH is 1. The number of aliphatic hydroxyl groups is 1. The maximum absolute atomic E-state index is 9.94. The molecular weight excluding hydrogens is 172 g/mol. The molecule has 1 aromatic carbocycles. The summed E-state index contributed by atoms with van der Waals surface area (Å²) in [6.07, 6.45) is 1.64. The van der Waals surface area contributed by atoms with Crippen molar-refractivity contribution in [2.75, 3.05) is 0 Å². The summed E-state index contributed by atoms with van der Waals surface area (Å²) >= 11 is 0. The van der Waals surface area contributed by atoms with Gasteiger partial charge in [0.25, 0.3) is 0 Å². The average Bonchev–Trinajstić information content (AvgIpc) is 2.37. The van der Waals surface area contributed by atoms with Gasteiger partial charge in [0.2, 0.25) is 0 Å². The van der Waals surface area contributed by atoms with Crippen molar-refractivity contribution in [3.8, 4) is 0 Å². The molecule has 1 atom stereocenters. The molecule has 76 valence electrons. The highest BCUT2D eigenvalue weighted by Gasteiger charge is 2.35. The van der Waals surface area contributed by atoms with Crippen LogP contribution in [0.15, 0.2) is 18.2 Å². The monoisotopic (exact) mass is 190 g/mol. The molecular formula is C13H18O. The van der Waals surface area contributed by atoms with Gasteiger partial charge in [-0.3, -0.25) is 0 Å². The Bertz CT molecular complexity index is 352. The van der Waals surface area contributed by atoms with Crippen LogP contribution in [-0.4, -0.2) is 5.11 Å². The highest BCUT2D eigenvalue weighted by molar-refractivity contribution is 5.42. The van der Waals surface area contributed by atoms with E-state index in [1.165, 1.54) is 11.1 Å². The van der Waals surface area contributed by atoms with Gasteiger partial charge < -0.3 is 5.11 Å². The van der Waals surface area contributed by atoms with Crippen LogP contribution in [-0.2, 0) is 11.8 Å². The van der Waals surface area contributed by atoms with Crippen LogP contribution < -0.4 is 0 Å². The molecule has 0 aliphatic heterocycles. The Hall–Kier alpha value is -0.820. The molecule has 0 fully saturated rings. The molecule has 0 amide bonds. The lowest BCUT2D eigenvalue weighted by Gasteiger charge is -2.18. The standard InChI is InChI=1S/C13H18O/c1-4-9-5-6-11-10(7-9)12(14)8-13(11,2)3/h5-7,12,14H,4,8H2,1-3H3. The van der Waals surface area contributed by atoms with Crippen molar-refractivity contribution in [1.82, 2.24) is 0 Å². The van der Waals surface area contributed by atoms with Crippen LogP contribution in [0, 0.1) is 0 Å². The first-order chi connectivity index (χ1) is 6.54. The molecule has 1 aromatic rings. The minimum absolute atomic E-state index is 0.140. The predicted octanol–water partition coefficient (Wildman–Crippen LogP) is 2.96. The second-order valence-corrected chi connectivity index (χ2v) is 4.88. The van der Waals surface area contributed by atoms with E-state index in [9.17, 15) is 5.11 Å². The molecule has 1 heteroatoms. The lowest BCUT2D eigenvalue weighted by atomic mass is 9.86. The van der Waals surface area contributed by atoms with Crippen LogP contribution >= 0.6 is 0 Å². The minimum Gasteiger partial charge on any atom is -0.388 e. The lowest BCUT2D eigenvalue weighted by Crippen LogP contribution is -2.12. The maximum atomic E-state index is 9.94.